The molecule has 78 valence electrons. The van der Waals surface area contributed by atoms with Crippen LogP contribution in [0.25, 0.3) is 0 Å². The van der Waals surface area contributed by atoms with Gasteiger partial charge in [0.1, 0.15) is 0 Å². The molecule has 0 saturated carbocycles. The Kier molecular flexibility index (Phi) is 48.1. The van der Waals surface area contributed by atoms with Gasteiger partial charge in [-0.2, -0.15) is 0 Å². The second kappa shape index (κ2) is 23.1. The molecule has 0 N–H and O–H groups in total. The van der Waals surface area contributed by atoms with Gasteiger partial charge >= 0.3 is 34.7 Å². The van der Waals surface area contributed by atoms with Gasteiger partial charge in [-0.1, -0.05) is 0 Å². The van der Waals surface area contributed by atoms with Crippen molar-refractivity contribution in [2.75, 3.05) is 0 Å². The minimum atomic E-state index is -3.63. The first-order valence-corrected chi connectivity index (χ1v) is 5.51. The summed E-state index contributed by atoms with van der Waals surface area (Å²) in [5, 5.41) is 0. The van der Waals surface area contributed by atoms with Crippen molar-refractivity contribution in [2.24, 2.45) is 0 Å². The molecule has 0 spiro atoms. The van der Waals surface area contributed by atoms with Gasteiger partial charge in [-0.25, -0.2) is 0 Å². The Hall–Kier alpha value is -0.0844. The summed E-state index contributed by atoms with van der Waals surface area (Å²) in [5.41, 5.74) is 0. The zero-order chi connectivity index (χ0) is 10.7. The third kappa shape index (κ3) is 199000. The monoisotopic (exact) mass is 332 g/mol. The van der Waals surface area contributed by atoms with Crippen LogP contribution in [0.3, 0.4) is 0 Å². The zero-order valence-corrected chi connectivity index (χ0v) is 11.5. The van der Waals surface area contributed by atoms with E-state index in [9.17, 15) is 0 Å². The largest absolute Gasteiger partial charge is 3.00 e. The van der Waals surface area contributed by atoms with E-state index < -0.39 is 27.5 Å². The molecule has 0 aromatic carbocycles. The third-order valence-corrected chi connectivity index (χ3v) is 0. The van der Waals surface area contributed by atoms with Crippen LogP contribution in [-0.4, -0.2) is 27.5 Å². The molecule has 0 atom stereocenters. The van der Waals surface area contributed by atoms with Gasteiger partial charge in [-0.3, -0.25) is 0 Å². The molecule has 0 fully saturated rings. The van der Waals surface area contributed by atoms with E-state index in [4.69, 9.17) is 42.2 Å². The molecule has 0 bridgehead atoms. The van der Waals surface area contributed by atoms with Crippen molar-refractivity contribution in [1.29, 1.82) is 0 Å². The van der Waals surface area contributed by atoms with E-state index in [2.05, 4.69) is 0 Å². The first kappa shape index (κ1) is 29.2. The van der Waals surface area contributed by atoms with Gasteiger partial charge < -0.3 is 42.2 Å². The average Bonchev–Trinajstić information content (AvgIpc) is 1.54. The van der Waals surface area contributed by atoms with E-state index in [1.807, 2.05) is 0 Å². The maximum Gasteiger partial charge on any atom is 3.00 e. The van der Waals surface area contributed by atoms with Crippen molar-refractivity contribution < 1.29 is 76.9 Å². The Morgan fingerprint density at radius 3 is 0.500 bits per heavy atom. The summed E-state index contributed by atoms with van der Waals surface area (Å²) >= 11 is 0. The number of hydrogen-bond donors (Lipinski definition) is 0. The Morgan fingerprint density at radius 1 is 0.500 bits per heavy atom. The van der Waals surface area contributed by atoms with Crippen molar-refractivity contribution in [3.8, 4) is 0 Å². The minimum Gasteiger partial charge on any atom is -0.672 e. The zero-order valence-electron chi connectivity index (χ0n) is 5.99. The van der Waals surface area contributed by atoms with E-state index in [1.165, 1.54) is 0 Å². The second-order valence-corrected chi connectivity index (χ2v) is 2.25. The van der Waals surface area contributed by atoms with Gasteiger partial charge in [0, 0.05) is 27.5 Å². The van der Waals surface area contributed by atoms with Gasteiger partial charge in [0.15, 0.2) is 0 Å². The van der Waals surface area contributed by atoms with Gasteiger partial charge in [0.05, 0.1) is 0 Å². The normalized spacial score (nSPS) is 5.14. The molecule has 0 aliphatic rings. The average molecular weight is 332 g/mol. The van der Waals surface area contributed by atoms with Crippen molar-refractivity contribution in [3.05, 3.63) is 0 Å². The Bertz CT molecular complexity index is 116. The fourth-order valence-corrected chi connectivity index (χ4v) is 0. The third-order valence-electron chi connectivity index (χ3n) is 0. The fraction of sp³-hybridized carbons (Fsp3) is 0. The molecule has 0 unspecified atom stereocenters. The number of rotatable bonds is 0. The molecule has 0 aliphatic carbocycles. The van der Waals surface area contributed by atoms with Crippen LogP contribution in [0, 0.1) is 0 Å². The minimum absolute atomic E-state index is 0. The van der Waals surface area contributed by atoms with Gasteiger partial charge in [0.25, 0.3) is 0 Å². The summed E-state index contributed by atoms with van der Waals surface area (Å²) in [4.78, 5) is 51.1. The molecule has 2 radical (unpaired) electrons. The molecule has 14 heavy (non-hydrogen) atoms. The quantitative estimate of drug-likeness (QED) is 0.387. The summed E-state index contributed by atoms with van der Waals surface area (Å²) in [6, 6.07) is 0. The van der Waals surface area contributed by atoms with E-state index in [0.29, 0.717) is 0 Å². The molecule has 0 saturated heterocycles. The van der Waals surface area contributed by atoms with Crippen LogP contribution in [0.2, 0.25) is 0 Å². The summed E-state index contributed by atoms with van der Waals surface area (Å²) in [6.07, 6.45) is 0. The smallest absolute Gasteiger partial charge is 0.672 e. The van der Waals surface area contributed by atoms with Crippen LogP contribution in [-0.2, 0) is 48.1 Å². The van der Waals surface area contributed by atoms with E-state index in [-0.39, 0.29) is 34.7 Å². The van der Waals surface area contributed by atoms with Crippen molar-refractivity contribution in [3.63, 3.8) is 0 Å². The molecule has 0 heterocycles. The molecule has 0 aromatic heterocycles. The van der Waals surface area contributed by atoms with Crippen LogP contribution < -0.4 is 28.8 Å². The first-order chi connectivity index (χ1) is 5.20. The molecule has 14 heteroatoms. The van der Waals surface area contributed by atoms with E-state index >= 15 is 0 Å². The van der Waals surface area contributed by atoms with Gasteiger partial charge in [0.2, 0.25) is 0 Å². The van der Waals surface area contributed by atoms with Crippen LogP contribution >= 0.6 is 0 Å². The Balaban J connectivity index is -0.0000000270. The topological polar surface area (TPSA) is 190 Å². The maximum absolute atomic E-state index is 8.52. The Morgan fingerprint density at radius 2 is 0.500 bits per heavy atom. The molecule has 0 aromatic rings. The van der Waals surface area contributed by atoms with Gasteiger partial charge in [-0.05, 0) is 0 Å². The molecule has 0 rings (SSSR count). The van der Waals surface area contributed by atoms with Crippen LogP contribution in [0.1, 0.15) is 0 Å². The van der Waals surface area contributed by atoms with Crippen LogP contribution in [0.5, 0.6) is 0 Å². The number of hydrogen-bond acceptors (Lipinski definition) is 9. The van der Waals surface area contributed by atoms with Crippen LogP contribution in [0.15, 0.2) is 0 Å². The second-order valence-electron chi connectivity index (χ2n) is 0.750. The standard InChI is InChI=1S/2Cr.3O3Si/c;;3*1-4(2)3/q2*+3;3*-2. The summed E-state index contributed by atoms with van der Waals surface area (Å²) in [6.45, 7) is 0. The predicted molar refractivity (Wildman–Crippen MR) is 19.3 cm³/mol. The first-order valence-electron chi connectivity index (χ1n) is 1.84. The molecule has 0 amide bonds. The van der Waals surface area contributed by atoms with Crippen molar-refractivity contribution in [2.45, 2.75) is 0 Å². The van der Waals surface area contributed by atoms with Gasteiger partial charge in [-0.15, -0.1) is 0 Å². The SMILES string of the molecule is O=[Si]([O-])[O-].O=[Si]([O-])[O-].O=[Si]([O-])[O-].[Cr+3].[Cr+3]. The molecular weight excluding hydrogens is 332 g/mol. The van der Waals surface area contributed by atoms with Crippen LogP contribution in [0.4, 0.5) is 0 Å². The Labute approximate surface area is 104 Å². The summed E-state index contributed by atoms with van der Waals surface area (Å²) in [7, 11) is -10.9. The maximum atomic E-state index is 8.52. The van der Waals surface area contributed by atoms with E-state index in [1.54, 1.807) is 0 Å². The van der Waals surface area contributed by atoms with E-state index in [0.717, 1.165) is 0 Å². The van der Waals surface area contributed by atoms with Crippen molar-refractivity contribution >= 4 is 27.5 Å². The molecular formula is Cr2O9Si3. The fourth-order valence-electron chi connectivity index (χ4n) is 0. The molecule has 0 aliphatic heterocycles. The molecule has 9 nitrogen and oxygen atoms in total. The van der Waals surface area contributed by atoms with Crippen molar-refractivity contribution in [1.82, 2.24) is 0 Å². The predicted octanol–water partition coefficient (Wildman–Crippen LogP) is -8.64. The summed E-state index contributed by atoms with van der Waals surface area (Å²) in [5.74, 6) is 0. The summed E-state index contributed by atoms with van der Waals surface area (Å²) < 4.78 is 25.6.